The van der Waals surface area contributed by atoms with Gasteiger partial charge in [-0.05, 0) is 78.4 Å². The van der Waals surface area contributed by atoms with Crippen LogP contribution >= 0.6 is 23.8 Å². The second kappa shape index (κ2) is 9.02. The molecule has 0 aliphatic rings. The molecule has 146 valence electrons. The number of carbonyl (C=O) groups excluding carboxylic acids is 1. The molecule has 2 N–H and O–H groups in total. The smallest absolute Gasteiger partial charge is 0.331 e. The van der Waals surface area contributed by atoms with Gasteiger partial charge in [-0.2, -0.15) is 0 Å². The molecule has 0 amide bonds. The highest BCUT2D eigenvalue weighted by atomic mass is 35.5. The minimum Gasteiger partial charge on any atom is -0.458 e. The fraction of sp³-hybridized carbons (Fsp3) is 0.579. The second-order valence-corrected chi connectivity index (χ2v) is 8.84. The number of hydrogen-bond acceptors (Lipinski definition) is 4. The van der Waals surface area contributed by atoms with E-state index in [-0.39, 0.29) is 12.2 Å². The summed E-state index contributed by atoms with van der Waals surface area (Å²) in [4.78, 5) is 12.5. The molecule has 0 aromatic heterocycles. The van der Waals surface area contributed by atoms with Gasteiger partial charge in [0.15, 0.2) is 5.11 Å². The van der Waals surface area contributed by atoms with Gasteiger partial charge in [-0.1, -0.05) is 17.7 Å². The largest absolute Gasteiger partial charge is 0.458 e. The number of thiocarbonyl (C=S) groups is 1. The summed E-state index contributed by atoms with van der Waals surface area (Å²) in [5, 5.41) is 6.99. The first kappa shape index (κ1) is 22.7. The molecule has 0 heterocycles. The Labute approximate surface area is 166 Å². The normalized spacial score (nSPS) is 13.1. The number of hydrogen-bond donors (Lipinski definition) is 2. The fourth-order valence-electron chi connectivity index (χ4n) is 1.93. The van der Waals surface area contributed by atoms with Gasteiger partial charge in [0.1, 0.15) is 11.6 Å². The summed E-state index contributed by atoms with van der Waals surface area (Å²) < 4.78 is 11.2. The van der Waals surface area contributed by atoms with E-state index in [4.69, 9.17) is 33.3 Å². The van der Waals surface area contributed by atoms with Crippen LogP contribution in [-0.4, -0.2) is 34.9 Å². The Balaban J connectivity index is 2.84. The SMILES string of the molecule is Cc1c(Cl)cccc1NC(=S)NC(COC(C)(C)C)C(=O)OC(C)(C)C. The summed E-state index contributed by atoms with van der Waals surface area (Å²) in [6.07, 6.45) is 0. The zero-order valence-corrected chi connectivity index (χ0v) is 18.1. The third-order valence-electron chi connectivity index (χ3n) is 3.20. The minimum absolute atomic E-state index is 0.134. The van der Waals surface area contributed by atoms with Crippen molar-refractivity contribution < 1.29 is 14.3 Å². The Morgan fingerprint density at radius 1 is 1.19 bits per heavy atom. The van der Waals surface area contributed by atoms with Crippen molar-refractivity contribution in [1.29, 1.82) is 0 Å². The van der Waals surface area contributed by atoms with Gasteiger partial charge >= 0.3 is 5.97 Å². The number of esters is 1. The molecule has 0 fully saturated rings. The van der Waals surface area contributed by atoms with Crippen molar-refractivity contribution >= 4 is 40.6 Å². The molecule has 1 rings (SSSR count). The predicted octanol–water partition coefficient (Wildman–Crippen LogP) is 4.46. The van der Waals surface area contributed by atoms with Gasteiger partial charge in [-0.15, -0.1) is 0 Å². The van der Waals surface area contributed by atoms with Crippen molar-refractivity contribution in [2.24, 2.45) is 0 Å². The van der Waals surface area contributed by atoms with E-state index in [0.717, 1.165) is 11.3 Å². The summed E-state index contributed by atoms with van der Waals surface area (Å²) in [7, 11) is 0. The lowest BCUT2D eigenvalue weighted by Gasteiger charge is -2.28. The zero-order valence-electron chi connectivity index (χ0n) is 16.5. The lowest BCUT2D eigenvalue weighted by atomic mass is 10.1. The molecular formula is C19H29ClN2O3S. The van der Waals surface area contributed by atoms with E-state index in [1.54, 1.807) is 6.07 Å². The Morgan fingerprint density at radius 3 is 2.35 bits per heavy atom. The molecule has 0 bridgehead atoms. The van der Waals surface area contributed by atoms with E-state index in [1.807, 2.05) is 60.6 Å². The van der Waals surface area contributed by atoms with Crippen LogP contribution in [0.25, 0.3) is 0 Å². The number of anilines is 1. The number of nitrogens with one attached hydrogen (secondary N) is 2. The van der Waals surface area contributed by atoms with E-state index in [0.29, 0.717) is 10.1 Å². The first-order valence-corrected chi connectivity index (χ1v) is 9.26. The average molecular weight is 401 g/mol. The Hall–Kier alpha value is -1.37. The van der Waals surface area contributed by atoms with Gasteiger partial charge in [-0.25, -0.2) is 4.79 Å². The minimum atomic E-state index is -0.729. The van der Waals surface area contributed by atoms with Crippen molar-refractivity contribution in [2.75, 3.05) is 11.9 Å². The zero-order chi connectivity index (χ0) is 20.1. The Morgan fingerprint density at radius 2 is 1.81 bits per heavy atom. The van der Waals surface area contributed by atoms with E-state index in [9.17, 15) is 4.79 Å². The van der Waals surface area contributed by atoms with Gasteiger partial charge in [0, 0.05) is 10.7 Å². The lowest BCUT2D eigenvalue weighted by molar-refractivity contribution is -0.159. The molecule has 1 aromatic rings. The van der Waals surface area contributed by atoms with Crippen LogP contribution in [0.2, 0.25) is 5.02 Å². The number of halogens is 1. The molecule has 1 atom stereocenters. The number of benzene rings is 1. The van der Waals surface area contributed by atoms with Gasteiger partial charge in [0.2, 0.25) is 0 Å². The first-order valence-electron chi connectivity index (χ1n) is 8.48. The monoisotopic (exact) mass is 400 g/mol. The summed E-state index contributed by atoms with van der Waals surface area (Å²) in [6, 6.07) is 4.77. The maximum Gasteiger partial charge on any atom is 0.331 e. The van der Waals surface area contributed by atoms with Crippen molar-refractivity contribution in [3.05, 3.63) is 28.8 Å². The van der Waals surface area contributed by atoms with Crippen LogP contribution in [0.1, 0.15) is 47.1 Å². The quantitative estimate of drug-likeness (QED) is 0.562. The number of rotatable bonds is 5. The Bertz CT molecular complexity index is 651. The molecule has 7 heteroatoms. The maximum atomic E-state index is 12.5. The summed E-state index contributed by atoms with van der Waals surface area (Å²) in [6.45, 7) is 13.2. The summed E-state index contributed by atoms with van der Waals surface area (Å²) >= 11 is 11.5. The van der Waals surface area contributed by atoms with E-state index >= 15 is 0 Å². The standard InChI is InChI=1S/C19H29ClN2O3S/c1-12-13(20)9-8-10-14(12)21-17(26)22-15(11-24-18(2,3)4)16(23)25-19(5,6)7/h8-10,15H,11H2,1-7H3,(H2,21,22,26). The molecule has 5 nitrogen and oxygen atoms in total. The molecule has 1 unspecified atom stereocenters. The second-order valence-electron chi connectivity index (χ2n) is 8.02. The van der Waals surface area contributed by atoms with Crippen LogP contribution in [0.3, 0.4) is 0 Å². The van der Waals surface area contributed by atoms with Gasteiger partial charge < -0.3 is 20.1 Å². The van der Waals surface area contributed by atoms with E-state index in [1.165, 1.54) is 0 Å². The van der Waals surface area contributed by atoms with Crippen LogP contribution < -0.4 is 10.6 Å². The summed E-state index contributed by atoms with van der Waals surface area (Å²) in [5.41, 5.74) is 0.658. The fourth-order valence-corrected chi connectivity index (χ4v) is 2.36. The molecule has 26 heavy (non-hydrogen) atoms. The predicted molar refractivity (Wildman–Crippen MR) is 111 cm³/mol. The van der Waals surface area contributed by atoms with Crippen LogP contribution in [0.5, 0.6) is 0 Å². The molecule has 0 saturated heterocycles. The Kier molecular flexibility index (Phi) is 7.86. The molecule has 0 saturated carbocycles. The van der Waals surface area contributed by atoms with E-state index in [2.05, 4.69) is 10.6 Å². The molecule has 1 aromatic carbocycles. The number of ether oxygens (including phenoxy) is 2. The topological polar surface area (TPSA) is 59.6 Å². The van der Waals surface area contributed by atoms with Crippen molar-refractivity contribution in [1.82, 2.24) is 5.32 Å². The van der Waals surface area contributed by atoms with Crippen LogP contribution in [-0.2, 0) is 14.3 Å². The summed E-state index contributed by atoms with van der Waals surface area (Å²) in [5.74, 6) is -0.422. The molecule has 0 aliphatic heterocycles. The molecule has 0 spiro atoms. The molecule has 0 aliphatic carbocycles. The van der Waals surface area contributed by atoms with Crippen molar-refractivity contribution in [3.63, 3.8) is 0 Å². The maximum absolute atomic E-state index is 12.5. The molecular weight excluding hydrogens is 372 g/mol. The highest BCUT2D eigenvalue weighted by Crippen LogP contribution is 2.22. The third kappa shape index (κ3) is 8.34. The van der Waals surface area contributed by atoms with Gasteiger partial charge in [0.05, 0.1) is 12.2 Å². The highest BCUT2D eigenvalue weighted by Gasteiger charge is 2.28. The first-order chi connectivity index (χ1) is 11.8. The van der Waals surface area contributed by atoms with Crippen LogP contribution in [0.4, 0.5) is 5.69 Å². The lowest BCUT2D eigenvalue weighted by Crippen LogP contribution is -2.49. The van der Waals surface area contributed by atoms with Crippen LogP contribution in [0, 0.1) is 6.92 Å². The van der Waals surface area contributed by atoms with Gasteiger partial charge in [-0.3, -0.25) is 0 Å². The van der Waals surface area contributed by atoms with Crippen molar-refractivity contribution in [2.45, 2.75) is 65.7 Å². The van der Waals surface area contributed by atoms with Gasteiger partial charge in [0.25, 0.3) is 0 Å². The van der Waals surface area contributed by atoms with Crippen molar-refractivity contribution in [3.8, 4) is 0 Å². The third-order valence-corrected chi connectivity index (χ3v) is 3.82. The van der Waals surface area contributed by atoms with Crippen LogP contribution in [0.15, 0.2) is 18.2 Å². The highest BCUT2D eigenvalue weighted by molar-refractivity contribution is 7.80. The molecule has 0 radical (unpaired) electrons. The van der Waals surface area contributed by atoms with E-state index < -0.39 is 17.6 Å². The number of carbonyl (C=O) groups is 1. The average Bonchev–Trinajstić information content (AvgIpc) is 2.45.